The summed E-state index contributed by atoms with van der Waals surface area (Å²) in [5.74, 6) is -1.25. The van der Waals surface area contributed by atoms with Crippen LogP contribution in [0.25, 0.3) is 0 Å². The zero-order chi connectivity index (χ0) is 25.7. The molecule has 2 rings (SSSR count). The monoisotopic (exact) mass is 519 g/mol. The predicted molar refractivity (Wildman–Crippen MR) is 124 cm³/mol. The first-order valence-corrected chi connectivity index (χ1v) is 12.4. The third-order valence-electron chi connectivity index (χ3n) is 4.94. The number of hydrogen-bond acceptors (Lipinski definition) is 4. The Balaban J connectivity index is 2.48. The van der Waals surface area contributed by atoms with Gasteiger partial charge in [-0.3, -0.25) is 13.9 Å². The molecule has 0 heterocycles. The molecule has 0 bridgehead atoms. The maximum Gasteiger partial charge on any atom is 0.416 e. The van der Waals surface area contributed by atoms with E-state index in [1.807, 2.05) is 0 Å². The van der Waals surface area contributed by atoms with Gasteiger partial charge >= 0.3 is 6.18 Å². The Kier molecular flexibility index (Phi) is 8.96. The normalized spacial score (nSPS) is 12.7. The number of amides is 2. The van der Waals surface area contributed by atoms with Crippen LogP contribution in [0.5, 0.6) is 0 Å². The average molecular weight is 520 g/mol. The summed E-state index contributed by atoms with van der Waals surface area (Å²) in [6, 6.07) is 9.92. The van der Waals surface area contributed by atoms with E-state index >= 15 is 0 Å². The number of alkyl halides is 3. The first-order valence-electron chi connectivity index (χ1n) is 10.2. The van der Waals surface area contributed by atoms with Crippen molar-refractivity contribution in [3.8, 4) is 0 Å². The molecule has 0 spiro atoms. The van der Waals surface area contributed by atoms with E-state index in [1.54, 1.807) is 37.3 Å². The summed E-state index contributed by atoms with van der Waals surface area (Å²) in [4.78, 5) is 26.9. The molecule has 12 heteroatoms. The van der Waals surface area contributed by atoms with Crippen molar-refractivity contribution in [1.29, 1.82) is 0 Å². The Morgan fingerprint density at radius 1 is 1.12 bits per heavy atom. The molecule has 0 radical (unpaired) electrons. The van der Waals surface area contributed by atoms with Crippen LogP contribution in [-0.4, -0.2) is 50.5 Å². The van der Waals surface area contributed by atoms with E-state index in [1.165, 1.54) is 11.8 Å². The zero-order valence-electron chi connectivity index (χ0n) is 18.8. The summed E-state index contributed by atoms with van der Waals surface area (Å²) in [7, 11) is -4.23. The summed E-state index contributed by atoms with van der Waals surface area (Å²) in [5.41, 5.74) is -0.933. The van der Waals surface area contributed by atoms with E-state index in [0.717, 1.165) is 12.3 Å². The largest absolute Gasteiger partial charge is 0.416 e. The molecular formula is C22H25ClF3N3O4S. The van der Waals surface area contributed by atoms with Crippen molar-refractivity contribution in [2.45, 2.75) is 32.6 Å². The van der Waals surface area contributed by atoms with Gasteiger partial charge in [0.05, 0.1) is 22.5 Å². The topological polar surface area (TPSA) is 86.8 Å². The average Bonchev–Trinajstić information content (AvgIpc) is 2.75. The molecule has 0 fully saturated rings. The van der Waals surface area contributed by atoms with Crippen molar-refractivity contribution in [1.82, 2.24) is 10.2 Å². The summed E-state index contributed by atoms with van der Waals surface area (Å²) in [5, 5.41) is 2.32. The van der Waals surface area contributed by atoms with E-state index < -0.39 is 51.9 Å². The molecule has 0 saturated heterocycles. The number of benzene rings is 2. The van der Waals surface area contributed by atoms with Gasteiger partial charge in [0.2, 0.25) is 21.8 Å². The quantitative estimate of drug-likeness (QED) is 0.547. The van der Waals surface area contributed by atoms with Gasteiger partial charge in [-0.25, -0.2) is 8.42 Å². The number of nitrogens with zero attached hydrogens (tertiary/aromatic N) is 2. The van der Waals surface area contributed by atoms with Crippen LogP contribution in [0.2, 0.25) is 5.02 Å². The lowest BCUT2D eigenvalue weighted by molar-refractivity contribution is -0.139. The molecule has 2 aromatic rings. The fourth-order valence-electron chi connectivity index (χ4n) is 3.16. The Bertz CT molecular complexity index is 1130. The first-order chi connectivity index (χ1) is 15.8. The summed E-state index contributed by atoms with van der Waals surface area (Å²) in [6.07, 6.45) is -4.00. The van der Waals surface area contributed by atoms with Crippen LogP contribution in [0.1, 0.15) is 25.0 Å². The third-order valence-corrected chi connectivity index (χ3v) is 6.38. The number of hydrogen-bond donors (Lipinski definition) is 1. The van der Waals surface area contributed by atoms with Crippen molar-refractivity contribution in [3.63, 3.8) is 0 Å². The Morgan fingerprint density at radius 2 is 1.74 bits per heavy atom. The molecule has 2 amide bonds. The second kappa shape index (κ2) is 11.1. The second-order valence-electron chi connectivity index (χ2n) is 7.51. The Hall–Kier alpha value is -2.79. The molecule has 1 N–H and O–H groups in total. The Morgan fingerprint density at radius 3 is 2.26 bits per heavy atom. The van der Waals surface area contributed by atoms with Gasteiger partial charge in [-0.1, -0.05) is 41.9 Å². The highest BCUT2D eigenvalue weighted by Gasteiger charge is 2.34. The highest BCUT2D eigenvalue weighted by Crippen LogP contribution is 2.36. The molecule has 0 unspecified atom stereocenters. The number of carbonyl (C=O) groups is 2. The maximum atomic E-state index is 13.3. The number of likely N-dealkylation sites (N-methyl/N-ethyl adjacent to an activating group) is 1. The van der Waals surface area contributed by atoms with E-state index in [2.05, 4.69) is 5.32 Å². The van der Waals surface area contributed by atoms with Gasteiger partial charge in [-0.2, -0.15) is 13.2 Å². The minimum atomic E-state index is -4.75. The van der Waals surface area contributed by atoms with Crippen molar-refractivity contribution in [2.24, 2.45) is 0 Å². The van der Waals surface area contributed by atoms with Crippen LogP contribution in [0, 0.1) is 0 Å². The molecule has 1 atom stereocenters. The summed E-state index contributed by atoms with van der Waals surface area (Å²) >= 11 is 6.03. The molecule has 0 aromatic heterocycles. The van der Waals surface area contributed by atoms with Crippen molar-refractivity contribution in [2.75, 3.05) is 23.7 Å². The van der Waals surface area contributed by atoms with Gasteiger partial charge in [-0.05, 0) is 37.6 Å². The van der Waals surface area contributed by atoms with Crippen molar-refractivity contribution < 1.29 is 31.2 Å². The number of nitrogens with one attached hydrogen (secondary N) is 1. The highest BCUT2D eigenvalue weighted by molar-refractivity contribution is 7.92. The van der Waals surface area contributed by atoms with E-state index in [9.17, 15) is 31.2 Å². The standard InChI is InChI=1S/C22H25ClF3N3O4S/c1-4-27-21(31)15(2)28(13-16-8-6-5-7-9-16)20(30)14-29(34(3,32)33)19-12-17(22(24,25)26)10-11-18(19)23/h5-12,15H,4,13-14H2,1-3H3,(H,27,31)/t15-/m0/s1. The molecule has 0 saturated carbocycles. The minimum absolute atomic E-state index is 0.0219. The van der Waals surface area contributed by atoms with Gasteiger partial charge in [0, 0.05) is 13.1 Å². The van der Waals surface area contributed by atoms with Crippen LogP contribution in [0.15, 0.2) is 48.5 Å². The number of rotatable bonds is 9. The molecular weight excluding hydrogens is 495 g/mol. The number of carbonyl (C=O) groups excluding carboxylic acids is 2. The lowest BCUT2D eigenvalue weighted by atomic mass is 10.1. The first kappa shape index (κ1) is 27.5. The van der Waals surface area contributed by atoms with Gasteiger partial charge in [-0.15, -0.1) is 0 Å². The smallest absolute Gasteiger partial charge is 0.355 e. The van der Waals surface area contributed by atoms with Gasteiger partial charge in [0.1, 0.15) is 12.6 Å². The molecule has 0 aliphatic heterocycles. The van der Waals surface area contributed by atoms with E-state index in [0.29, 0.717) is 28.5 Å². The van der Waals surface area contributed by atoms with Crippen LogP contribution in [0.3, 0.4) is 0 Å². The SMILES string of the molecule is CCNC(=O)[C@H](C)N(Cc1ccccc1)C(=O)CN(c1cc(C(F)(F)F)ccc1Cl)S(C)(=O)=O. The van der Waals surface area contributed by atoms with Gasteiger partial charge < -0.3 is 10.2 Å². The van der Waals surface area contributed by atoms with Crippen LogP contribution < -0.4 is 9.62 Å². The highest BCUT2D eigenvalue weighted by atomic mass is 35.5. The maximum absolute atomic E-state index is 13.3. The lowest BCUT2D eigenvalue weighted by Crippen LogP contribution is -2.51. The fraction of sp³-hybridized carbons (Fsp3) is 0.364. The summed E-state index contributed by atoms with van der Waals surface area (Å²) in [6.45, 7) is 2.62. The lowest BCUT2D eigenvalue weighted by Gasteiger charge is -2.31. The number of sulfonamides is 1. The molecule has 0 aliphatic carbocycles. The van der Waals surface area contributed by atoms with Gasteiger partial charge in [0.25, 0.3) is 0 Å². The van der Waals surface area contributed by atoms with Crippen LogP contribution in [-0.2, 0) is 32.3 Å². The van der Waals surface area contributed by atoms with Crippen LogP contribution in [0.4, 0.5) is 18.9 Å². The molecule has 0 aliphatic rings. The minimum Gasteiger partial charge on any atom is -0.355 e. The van der Waals surface area contributed by atoms with Gasteiger partial charge in [0.15, 0.2) is 0 Å². The van der Waals surface area contributed by atoms with E-state index in [-0.39, 0.29) is 11.6 Å². The summed E-state index contributed by atoms with van der Waals surface area (Å²) < 4.78 is 65.2. The molecule has 2 aromatic carbocycles. The zero-order valence-corrected chi connectivity index (χ0v) is 20.3. The third kappa shape index (κ3) is 7.10. The number of anilines is 1. The number of halogens is 4. The predicted octanol–water partition coefficient (Wildman–Crippen LogP) is 3.68. The van der Waals surface area contributed by atoms with Crippen molar-refractivity contribution in [3.05, 3.63) is 64.7 Å². The van der Waals surface area contributed by atoms with Crippen molar-refractivity contribution >= 4 is 39.1 Å². The van der Waals surface area contributed by atoms with E-state index in [4.69, 9.17) is 11.6 Å². The molecule has 34 heavy (non-hydrogen) atoms. The second-order valence-corrected chi connectivity index (χ2v) is 9.83. The Labute approximate surface area is 201 Å². The fourth-order valence-corrected chi connectivity index (χ4v) is 4.28. The molecule has 186 valence electrons. The molecule has 7 nitrogen and oxygen atoms in total. The van der Waals surface area contributed by atoms with Crippen LogP contribution >= 0.6 is 11.6 Å².